The third-order valence-corrected chi connectivity index (χ3v) is 3.60. The van der Waals surface area contributed by atoms with Crippen LogP contribution in [-0.4, -0.2) is 5.78 Å². The number of Topliss-reactive ketones (excluding diaryl/α,β-unsaturated/α-hetero) is 1. The van der Waals surface area contributed by atoms with Crippen LogP contribution in [0.3, 0.4) is 0 Å². The molecule has 0 aliphatic rings. The number of aryl methyl sites for hydroxylation is 1. The zero-order chi connectivity index (χ0) is 14.0. The van der Waals surface area contributed by atoms with Crippen molar-refractivity contribution in [2.75, 3.05) is 0 Å². The van der Waals surface area contributed by atoms with E-state index in [2.05, 4.69) is 15.9 Å². The Morgan fingerprint density at radius 1 is 1.21 bits per heavy atom. The molecular weight excluding hydrogens is 328 g/mol. The van der Waals surface area contributed by atoms with E-state index in [9.17, 15) is 4.79 Å². The van der Waals surface area contributed by atoms with Gasteiger partial charge < -0.3 is 4.74 Å². The summed E-state index contributed by atoms with van der Waals surface area (Å²) in [4.78, 5) is 11.6. The molecule has 19 heavy (non-hydrogen) atoms. The molecule has 0 heterocycles. The normalized spacial score (nSPS) is 10.3. The molecule has 0 aliphatic carbocycles. The van der Waals surface area contributed by atoms with Crippen molar-refractivity contribution in [1.29, 1.82) is 0 Å². The van der Waals surface area contributed by atoms with Crippen LogP contribution in [0, 0.1) is 6.92 Å². The van der Waals surface area contributed by atoms with Crippen LogP contribution in [0.4, 0.5) is 0 Å². The fourth-order valence-electron chi connectivity index (χ4n) is 1.67. The molecule has 0 amide bonds. The number of carbonyl (C=O) groups is 1. The lowest BCUT2D eigenvalue weighted by molar-refractivity contribution is 0.101. The second-order valence-electron chi connectivity index (χ2n) is 4.21. The van der Waals surface area contributed by atoms with Crippen molar-refractivity contribution in [3.8, 4) is 11.5 Å². The van der Waals surface area contributed by atoms with Crippen LogP contribution in [0.1, 0.15) is 22.8 Å². The number of hydrogen-bond donors (Lipinski definition) is 0. The summed E-state index contributed by atoms with van der Waals surface area (Å²) < 4.78 is 6.61. The molecule has 0 atom stereocenters. The van der Waals surface area contributed by atoms with Crippen LogP contribution in [0.5, 0.6) is 11.5 Å². The van der Waals surface area contributed by atoms with E-state index in [4.69, 9.17) is 16.3 Å². The molecular formula is C15H12BrClO2. The van der Waals surface area contributed by atoms with E-state index >= 15 is 0 Å². The molecule has 98 valence electrons. The lowest BCUT2D eigenvalue weighted by atomic mass is 10.1. The molecule has 0 bridgehead atoms. The Hall–Kier alpha value is -1.32. The first-order valence-electron chi connectivity index (χ1n) is 5.72. The first kappa shape index (κ1) is 14.1. The van der Waals surface area contributed by atoms with Gasteiger partial charge in [0.25, 0.3) is 0 Å². The number of ether oxygens (including phenoxy) is 1. The second kappa shape index (κ2) is 5.76. The molecule has 0 fully saturated rings. The van der Waals surface area contributed by atoms with Gasteiger partial charge in [-0.15, -0.1) is 0 Å². The zero-order valence-electron chi connectivity index (χ0n) is 10.5. The maximum Gasteiger partial charge on any atom is 0.163 e. The summed E-state index contributed by atoms with van der Waals surface area (Å²) >= 11 is 9.32. The quantitative estimate of drug-likeness (QED) is 0.699. The van der Waals surface area contributed by atoms with Gasteiger partial charge in [-0.2, -0.15) is 0 Å². The van der Waals surface area contributed by atoms with Gasteiger partial charge in [0, 0.05) is 9.50 Å². The van der Waals surface area contributed by atoms with Gasteiger partial charge >= 0.3 is 0 Å². The van der Waals surface area contributed by atoms with E-state index in [0.717, 1.165) is 10.0 Å². The fourth-order valence-corrected chi connectivity index (χ4v) is 2.15. The standard InChI is InChI=1S/C15H12BrClO2/c1-9-7-12(4-5-14(9)17)19-15-6-3-11(16)8-13(15)10(2)18/h3-8H,1-2H3. The molecule has 0 aliphatic heterocycles. The Kier molecular flexibility index (Phi) is 4.27. The summed E-state index contributed by atoms with van der Waals surface area (Å²) in [5, 5.41) is 0.690. The predicted octanol–water partition coefficient (Wildman–Crippen LogP) is 5.41. The highest BCUT2D eigenvalue weighted by Gasteiger charge is 2.10. The van der Waals surface area contributed by atoms with Crippen LogP contribution < -0.4 is 4.74 Å². The van der Waals surface area contributed by atoms with Crippen LogP contribution in [0.2, 0.25) is 5.02 Å². The number of rotatable bonds is 3. The minimum absolute atomic E-state index is 0.0398. The molecule has 0 spiro atoms. The average Bonchev–Trinajstić information content (AvgIpc) is 2.36. The summed E-state index contributed by atoms with van der Waals surface area (Å²) in [6, 6.07) is 10.8. The molecule has 2 aromatic carbocycles. The van der Waals surface area contributed by atoms with Crippen molar-refractivity contribution in [2.24, 2.45) is 0 Å². The SMILES string of the molecule is CC(=O)c1cc(Br)ccc1Oc1ccc(Cl)c(C)c1. The van der Waals surface area contributed by atoms with E-state index in [-0.39, 0.29) is 5.78 Å². The number of halogens is 2. The summed E-state index contributed by atoms with van der Waals surface area (Å²) in [6.07, 6.45) is 0. The number of hydrogen-bond acceptors (Lipinski definition) is 2. The molecule has 0 N–H and O–H groups in total. The molecule has 4 heteroatoms. The Morgan fingerprint density at radius 3 is 2.58 bits per heavy atom. The van der Waals surface area contributed by atoms with Crippen molar-refractivity contribution < 1.29 is 9.53 Å². The highest BCUT2D eigenvalue weighted by Crippen LogP contribution is 2.30. The van der Waals surface area contributed by atoms with Crippen molar-refractivity contribution in [3.05, 3.63) is 57.0 Å². The minimum atomic E-state index is -0.0398. The molecule has 0 aromatic heterocycles. The summed E-state index contributed by atoms with van der Waals surface area (Å²) in [5.74, 6) is 1.16. The number of benzene rings is 2. The number of ketones is 1. The molecule has 0 radical (unpaired) electrons. The number of carbonyl (C=O) groups excluding carboxylic acids is 1. The first-order chi connectivity index (χ1) is 8.97. The maximum atomic E-state index is 11.6. The van der Waals surface area contributed by atoms with Gasteiger partial charge in [-0.25, -0.2) is 0 Å². The van der Waals surface area contributed by atoms with Crippen molar-refractivity contribution in [3.63, 3.8) is 0 Å². The smallest absolute Gasteiger partial charge is 0.163 e. The van der Waals surface area contributed by atoms with E-state index < -0.39 is 0 Å². The summed E-state index contributed by atoms with van der Waals surface area (Å²) in [6.45, 7) is 3.42. The Bertz CT molecular complexity index is 638. The van der Waals surface area contributed by atoms with Gasteiger partial charge in [-0.05, 0) is 55.8 Å². The topological polar surface area (TPSA) is 26.3 Å². The highest BCUT2D eigenvalue weighted by atomic mass is 79.9. The molecule has 0 saturated carbocycles. The van der Waals surface area contributed by atoms with Crippen molar-refractivity contribution in [2.45, 2.75) is 13.8 Å². The Morgan fingerprint density at radius 2 is 1.95 bits per heavy atom. The summed E-state index contributed by atoms with van der Waals surface area (Å²) in [5.41, 5.74) is 1.47. The third-order valence-electron chi connectivity index (χ3n) is 2.68. The molecule has 0 saturated heterocycles. The molecule has 0 unspecified atom stereocenters. The monoisotopic (exact) mass is 338 g/mol. The lowest BCUT2D eigenvalue weighted by Gasteiger charge is -2.10. The van der Waals surface area contributed by atoms with Gasteiger partial charge in [0.2, 0.25) is 0 Å². The van der Waals surface area contributed by atoms with Crippen LogP contribution >= 0.6 is 27.5 Å². The lowest BCUT2D eigenvalue weighted by Crippen LogP contribution is -1.97. The van der Waals surface area contributed by atoms with Crippen molar-refractivity contribution >= 4 is 33.3 Å². The minimum Gasteiger partial charge on any atom is -0.457 e. The van der Waals surface area contributed by atoms with Crippen LogP contribution in [0.15, 0.2) is 40.9 Å². The van der Waals surface area contributed by atoms with Gasteiger partial charge in [0.15, 0.2) is 5.78 Å². The van der Waals surface area contributed by atoms with Crippen molar-refractivity contribution in [1.82, 2.24) is 0 Å². The highest BCUT2D eigenvalue weighted by molar-refractivity contribution is 9.10. The largest absolute Gasteiger partial charge is 0.457 e. The van der Waals surface area contributed by atoms with E-state index in [0.29, 0.717) is 22.1 Å². The Labute approximate surface area is 125 Å². The van der Waals surface area contributed by atoms with Gasteiger partial charge in [-0.3, -0.25) is 4.79 Å². The average molecular weight is 340 g/mol. The predicted molar refractivity (Wildman–Crippen MR) is 80.4 cm³/mol. The third kappa shape index (κ3) is 3.37. The second-order valence-corrected chi connectivity index (χ2v) is 5.53. The first-order valence-corrected chi connectivity index (χ1v) is 6.89. The van der Waals surface area contributed by atoms with Crippen LogP contribution in [-0.2, 0) is 0 Å². The van der Waals surface area contributed by atoms with E-state index in [1.165, 1.54) is 6.92 Å². The van der Waals surface area contributed by atoms with Gasteiger partial charge in [0.1, 0.15) is 11.5 Å². The molecule has 2 aromatic rings. The van der Waals surface area contributed by atoms with Crippen LogP contribution in [0.25, 0.3) is 0 Å². The van der Waals surface area contributed by atoms with Gasteiger partial charge in [0.05, 0.1) is 5.56 Å². The summed E-state index contributed by atoms with van der Waals surface area (Å²) in [7, 11) is 0. The van der Waals surface area contributed by atoms with E-state index in [1.54, 1.807) is 24.3 Å². The Balaban J connectivity index is 2.37. The molecule has 2 nitrogen and oxygen atoms in total. The maximum absolute atomic E-state index is 11.6. The zero-order valence-corrected chi connectivity index (χ0v) is 12.9. The van der Waals surface area contributed by atoms with Gasteiger partial charge in [-0.1, -0.05) is 27.5 Å². The molecule has 2 rings (SSSR count). The fraction of sp³-hybridized carbons (Fsp3) is 0.133. The van der Waals surface area contributed by atoms with E-state index in [1.807, 2.05) is 19.1 Å².